The van der Waals surface area contributed by atoms with Crippen LogP contribution >= 0.6 is 15.9 Å². The Morgan fingerprint density at radius 3 is 2.62 bits per heavy atom. The van der Waals surface area contributed by atoms with E-state index in [1.165, 1.54) is 37.7 Å². The highest BCUT2D eigenvalue weighted by atomic mass is 79.9. The number of carbonyl (C=O) groups is 1. The number of alkyl halides is 1. The van der Waals surface area contributed by atoms with Gasteiger partial charge in [-0.15, -0.1) is 0 Å². The van der Waals surface area contributed by atoms with Gasteiger partial charge < -0.3 is 5.32 Å². The lowest BCUT2D eigenvalue weighted by atomic mass is 10.1. The van der Waals surface area contributed by atoms with Gasteiger partial charge in [0.25, 0.3) is 0 Å². The lowest BCUT2D eigenvalue weighted by Crippen LogP contribution is -2.11. The minimum absolute atomic E-state index is 0.142. The molecule has 21 heavy (non-hydrogen) atoms. The molecule has 1 aromatic rings. The number of amides is 1. The second-order valence-corrected chi connectivity index (χ2v) is 6.35. The number of anilines is 1. The molecule has 2 nitrogen and oxygen atoms in total. The Bertz CT molecular complexity index is 406. The Morgan fingerprint density at radius 2 is 1.86 bits per heavy atom. The summed E-state index contributed by atoms with van der Waals surface area (Å²) >= 11 is 3.45. The lowest BCUT2D eigenvalue weighted by Gasteiger charge is -2.07. The zero-order valence-electron chi connectivity index (χ0n) is 13.2. The molecule has 0 aliphatic heterocycles. The maximum atomic E-state index is 11.9. The van der Waals surface area contributed by atoms with Crippen LogP contribution in [-0.2, 0) is 11.2 Å². The molecule has 1 N–H and O–H groups in total. The van der Waals surface area contributed by atoms with Crippen LogP contribution in [0.5, 0.6) is 0 Å². The standard InChI is InChI=1S/C18H28BrNO/c1-2-3-4-5-6-7-13-18(21)20-17-12-8-10-16(15-17)11-9-14-19/h8,10,12,15H,2-7,9,11,13-14H2,1H3,(H,20,21). The van der Waals surface area contributed by atoms with Crippen LogP contribution in [0, 0.1) is 0 Å². The molecule has 0 aromatic heterocycles. The van der Waals surface area contributed by atoms with Gasteiger partial charge in [0.15, 0.2) is 0 Å². The smallest absolute Gasteiger partial charge is 0.224 e. The number of hydrogen-bond donors (Lipinski definition) is 1. The van der Waals surface area contributed by atoms with E-state index in [4.69, 9.17) is 0 Å². The van der Waals surface area contributed by atoms with Crippen molar-refractivity contribution in [2.75, 3.05) is 10.6 Å². The van der Waals surface area contributed by atoms with Gasteiger partial charge in [-0.05, 0) is 37.0 Å². The molecule has 0 heterocycles. The second kappa shape index (κ2) is 11.8. The van der Waals surface area contributed by atoms with Crippen molar-refractivity contribution in [2.24, 2.45) is 0 Å². The van der Waals surface area contributed by atoms with Crippen molar-refractivity contribution >= 4 is 27.5 Å². The zero-order chi connectivity index (χ0) is 15.3. The summed E-state index contributed by atoms with van der Waals surface area (Å²) in [6, 6.07) is 8.19. The first kappa shape index (κ1) is 18.2. The number of benzene rings is 1. The molecule has 0 saturated heterocycles. The number of carbonyl (C=O) groups excluding carboxylic acids is 1. The molecule has 0 fully saturated rings. The minimum atomic E-state index is 0.142. The predicted octanol–water partition coefficient (Wildman–Crippen LogP) is 5.70. The third-order valence-electron chi connectivity index (χ3n) is 3.57. The van der Waals surface area contributed by atoms with Crippen molar-refractivity contribution in [2.45, 2.75) is 64.7 Å². The number of nitrogens with one attached hydrogen (secondary N) is 1. The van der Waals surface area contributed by atoms with E-state index in [0.29, 0.717) is 6.42 Å². The Morgan fingerprint density at radius 1 is 1.10 bits per heavy atom. The Balaban J connectivity index is 2.24. The van der Waals surface area contributed by atoms with Crippen molar-refractivity contribution in [3.05, 3.63) is 29.8 Å². The number of unbranched alkanes of at least 4 members (excludes halogenated alkanes) is 5. The number of hydrogen-bond acceptors (Lipinski definition) is 1. The van der Waals surface area contributed by atoms with E-state index in [1.807, 2.05) is 12.1 Å². The summed E-state index contributed by atoms with van der Waals surface area (Å²) < 4.78 is 0. The average Bonchev–Trinajstić information content (AvgIpc) is 2.49. The summed E-state index contributed by atoms with van der Waals surface area (Å²) in [5, 5.41) is 4.03. The summed E-state index contributed by atoms with van der Waals surface area (Å²) in [7, 11) is 0. The molecule has 0 aliphatic rings. The van der Waals surface area contributed by atoms with E-state index >= 15 is 0 Å². The normalized spacial score (nSPS) is 10.6. The third-order valence-corrected chi connectivity index (χ3v) is 4.13. The second-order valence-electron chi connectivity index (χ2n) is 5.56. The number of rotatable bonds is 11. The number of aryl methyl sites for hydroxylation is 1. The van der Waals surface area contributed by atoms with Gasteiger partial charge in [-0.25, -0.2) is 0 Å². The molecule has 1 amide bonds. The summed E-state index contributed by atoms with van der Waals surface area (Å²) in [4.78, 5) is 11.9. The maximum Gasteiger partial charge on any atom is 0.224 e. The molecule has 3 heteroatoms. The van der Waals surface area contributed by atoms with Crippen molar-refractivity contribution in [3.63, 3.8) is 0 Å². The minimum Gasteiger partial charge on any atom is -0.326 e. The van der Waals surface area contributed by atoms with Crippen LogP contribution in [0.2, 0.25) is 0 Å². The van der Waals surface area contributed by atoms with Crippen LogP contribution in [0.15, 0.2) is 24.3 Å². The van der Waals surface area contributed by atoms with Crippen LogP contribution in [0.4, 0.5) is 5.69 Å². The molecule has 0 atom stereocenters. The van der Waals surface area contributed by atoms with Crippen molar-refractivity contribution in [1.29, 1.82) is 0 Å². The highest BCUT2D eigenvalue weighted by Gasteiger charge is 2.03. The molecule has 0 spiro atoms. The lowest BCUT2D eigenvalue weighted by molar-refractivity contribution is -0.116. The topological polar surface area (TPSA) is 29.1 Å². The van der Waals surface area contributed by atoms with E-state index in [0.717, 1.165) is 30.3 Å². The molecule has 118 valence electrons. The summed E-state index contributed by atoms with van der Waals surface area (Å²) in [5.41, 5.74) is 2.21. The molecule has 0 radical (unpaired) electrons. The van der Waals surface area contributed by atoms with Crippen LogP contribution < -0.4 is 5.32 Å². The van der Waals surface area contributed by atoms with Gasteiger partial charge in [0.2, 0.25) is 5.91 Å². The number of halogens is 1. The maximum absolute atomic E-state index is 11.9. The van der Waals surface area contributed by atoms with Gasteiger partial charge in [-0.3, -0.25) is 4.79 Å². The van der Waals surface area contributed by atoms with Crippen LogP contribution in [0.25, 0.3) is 0 Å². The molecule has 1 rings (SSSR count). The quantitative estimate of drug-likeness (QED) is 0.401. The van der Waals surface area contributed by atoms with E-state index in [9.17, 15) is 4.79 Å². The summed E-state index contributed by atoms with van der Waals surface area (Å²) in [6.45, 7) is 2.22. The van der Waals surface area contributed by atoms with Crippen molar-refractivity contribution in [3.8, 4) is 0 Å². The predicted molar refractivity (Wildman–Crippen MR) is 95.2 cm³/mol. The summed E-state index contributed by atoms with van der Waals surface area (Å²) in [6.07, 6.45) is 10.1. The van der Waals surface area contributed by atoms with Crippen molar-refractivity contribution in [1.82, 2.24) is 0 Å². The highest BCUT2D eigenvalue weighted by Crippen LogP contribution is 2.14. The highest BCUT2D eigenvalue weighted by molar-refractivity contribution is 9.09. The molecular weight excluding hydrogens is 326 g/mol. The fourth-order valence-electron chi connectivity index (χ4n) is 2.36. The van der Waals surface area contributed by atoms with Gasteiger partial charge in [-0.2, -0.15) is 0 Å². The average molecular weight is 354 g/mol. The van der Waals surface area contributed by atoms with E-state index in [2.05, 4.69) is 40.3 Å². The fraction of sp³-hybridized carbons (Fsp3) is 0.611. The van der Waals surface area contributed by atoms with Crippen LogP contribution in [-0.4, -0.2) is 11.2 Å². The Hall–Kier alpha value is -0.830. The molecule has 0 bridgehead atoms. The molecule has 1 aromatic carbocycles. The van der Waals surface area contributed by atoms with Gasteiger partial charge >= 0.3 is 0 Å². The Kier molecular flexibility index (Phi) is 10.2. The van der Waals surface area contributed by atoms with E-state index in [-0.39, 0.29) is 5.91 Å². The van der Waals surface area contributed by atoms with Gasteiger partial charge in [0.1, 0.15) is 0 Å². The molecule has 0 unspecified atom stereocenters. The van der Waals surface area contributed by atoms with Gasteiger partial charge in [0.05, 0.1) is 0 Å². The fourth-order valence-corrected chi connectivity index (χ4v) is 2.65. The third kappa shape index (κ3) is 8.92. The van der Waals surface area contributed by atoms with Crippen molar-refractivity contribution < 1.29 is 4.79 Å². The Labute approximate surface area is 137 Å². The largest absolute Gasteiger partial charge is 0.326 e. The first-order chi connectivity index (χ1) is 10.3. The molecule has 0 aliphatic carbocycles. The first-order valence-electron chi connectivity index (χ1n) is 8.21. The van der Waals surface area contributed by atoms with Gasteiger partial charge in [0, 0.05) is 17.4 Å². The first-order valence-corrected chi connectivity index (χ1v) is 9.33. The molecule has 0 saturated carbocycles. The SMILES string of the molecule is CCCCCCCCC(=O)Nc1cccc(CCCBr)c1. The van der Waals surface area contributed by atoms with Gasteiger partial charge in [-0.1, -0.05) is 67.1 Å². The van der Waals surface area contributed by atoms with Crippen LogP contribution in [0.1, 0.15) is 63.9 Å². The summed E-state index contributed by atoms with van der Waals surface area (Å²) in [5.74, 6) is 0.142. The zero-order valence-corrected chi connectivity index (χ0v) is 14.8. The monoisotopic (exact) mass is 353 g/mol. The van der Waals surface area contributed by atoms with E-state index < -0.39 is 0 Å². The molecular formula is C18H28BrNO. The van der Waals surface area contributed by atoms with Crippen LogP contribution in [0.3, 0.4) is 0 Å². The van der Waals surface area contributed by atoms with E-state index in [1.54, 1.807) is 0 Å².